The van der Waals surface area contributed by atoms with E-state index < -0.39 is 11.9 Å². The van der Waals surface area contributed by atoms with Crippen LogP contribution in [0.15, 0.2) is 24.3 Å². The third kappa shape index (κ3) is 3.61. The van der Waals surface area contributed by atoms with Crippen LogP contribution in [-0.2, 0) is 9.78 Å². The fourth-order valence-corrected chi connectivity index (χ4v) is 0.843. The topological polar surface area (TPSA) is 95.9 Å². The van der Waals surface area contributed by atoms with Gasteiger partial charge in [0.1, 0.15) is 0 Å². The van der Waals surface area contributed by atoms with Crippen molar-refractivity contribution in [2.45, 2.75) is 0 Å². The first kappa shape index (κ1) is 14.1. The van der Waals surface area contributed by atoms with Gasteiger partial charge in [-0.05, 0) is 24.3 Å². The summed E-state index contributed by atoms with van der Waals surface area (Å²) >= 11 is 0. The van der Waals surface area contributed by atoms with Crippen LogP contribution in [0, 0.1) is 0 Å². The molecule has 0 aliphatic heterocycles. The molecule has 1 N–H and O–H groups in total. The van der Waals surface area contributed by atoms with Crippen molar-refractivity contribution in [1.82, 2.24) is 0 Å². The molecule has 0 spiro atoms. The molecule has 0 aromatic heterocycles. The van der Waals surface area contributed by atoms with E-state index in [2.05, 4.69) is 9.78 Å². The predicted molar refractivity (Wildman–Crippen MR) is 39.9 cm³/mol. The van der Waals surface area contributed by atoms with Gasteiger partial charge in [0.05, 0.1) is 11.1 Å². The van der Waals surface area contributed by atoms with Gasteiger partial charge in [-0.1, -0.05) is 0 Å². The van der Waals surface area contributed by atoms with Crippen molar-refractivity contribution in [3.05, 3.63) is 35.4 Å². The van der Waals surface area contributed by atoms with Crippen molar-refractivity contribution < 1.29 is 59.4 Å². The number of hydrogen-bond acceptors (Lipinski definition) is 6. The van der Waals surface area contributed by atoms with Gasteiger partial charge >= 0.3 is 41.5 Å². The first-order chi connectivity index (χ1) is 6.69. The first-order valence-electron chi connectivity index (χ1n) is 3.49. The summed E-state index contributed by atoms with van der Waals surface area (Å²) in [4.78, 5) is 28.0. The summed E-state index contributed by atoms with van der Waals surface area (Å²) < 4.78 is 0. The van der Waals surface area contributed by atoms with Crippen molar-refractivity contribution in [2.24, 2.45) is 0 Å². The summed E-state index contributed by atoms with van der Waals surface area (Å²) in [6, 6.07) is 4.83. The summed E-state index contributed by atoms with van der Waals surface area (Å²) in [5, 5.41) is 17.7. The van der Waals surface area contributed by atoms with Gasteiger partial charge in [0.2, 0.25) is 0 Å². The van der Waals surface area contributed by atoms with Crippen LogP contribution in [0.25, 0.3) is 0 Å². The number of rotatable bonds is 2. The minimum absolute atomic E-state index is 0. The van der Waals surface area contributed by atoms with Gasteiger partial charge in [-0.15, -0.1) is 0 Å². The maximum atomic E-state index is 10.7. The van der Waals surface area contributed by atoms with E-state index in [1.807, 2.05) is 0 Å². The summed E-state index contributed by atoms with van der Waals surface area (Å²) in [5.74, 6) is -2.00. The van der Waals surface area contributed by atoms with Crippen LogP contribution in [0.5, 0.6) is 0 Å². The molecule has 1 aromatic rings. The fraction of sp³-hybridized carbons (Fsp3) is 0. The molecule has 6 nitrogen and oxygen atoms in total. The molecule has 74 valence electrons. The smallest absolute Gasteiger partial charge is 0.661 e. The van der Waals surface area contributed by atoms with Gasteiger partial charge in [-0.3, -0.25) is 4.89 Å². The zero-order valence-electron chi connectivity index (χ0n) is 7.80. The van der Waals surface area contributed by atoms with Crippen molar-refractivity contribution in [3.8, 4) is 0 Å². The third-order valence-corrected chi connectivity index (χ3v) is 1.51. The third-order valence-electron chi connectivity index (χ3n) is 1.51. The summed E-state index contributed by atoms with van der Waals surface area (Å²) in [6.07, 6.45) is 0. The molecule has 0 aliphatic carbocycles. The molecule has 0 saturated carbocycles. The van der Waals surface area contributed by atoms with Crippen LogP contribution >= 0.6 is 0 Å². The number of carbonyl (C=O) groups is 2. The zero-order chi connectivity index (χ0) is 10.6. The van der Waals surface area contributed by atoms with Crippen LogP contribution < -0.4 is 34.8 Å². The Labute approximate surface area is 107 Å². The second kappa shape index (κ2) is 6.54. The molecule has 0 radical (unpaired) electrons. The van der Waals surface area contributed by atoms with Gasteiger partial charge in [-0.2, -0.15) is 5.26 Å². The molecule has 0 amide bonds. The molecule has 0 unspecified atom stereocenters. The quantitative estimate of drug-likeness (QED) is 0.319. The van der Waals surface area contributed by atoms with Gasteiger partial charge in [0, 0.05) is 0 Å². The molecular weight excluding hydrogens is 215 g/mol. The van der Waals surface area contributed by atoms with Gasteiger partial charge < -0.3 is 10.1 Å². The largest absolute Gasteiger partial charge is 1.00 e. The zero-order valence-corrected chi connectivity index (χ0v) is 9.80. The molecule has 0 saturated heterocycles. The Hall–Kier alpha value is -0.920. The van der Waals surface area contributed by atoms with Crippen LogP contribution in [0.2, 0.25) is 0 Å². The first-order valence-corrected chi connectivity index (χ1v) is 3.49. The molecule has 15 heavy (non-hydrogen) atoms. The number of benzene rings is 1. The molecule has 1 aromatic carbocycles. The molecule has 0 heterocycles. The standard InChI is InChI=1S/C8H6O6.Na/c9-7(13-11)5-1-2-6(4-3-5)8(10)14-12;/h1-4,11-12H;/q;+1/p-1. The Morgan fingerprint density at radius 3 is 1.80 bits per heavy atom. The van der Waals surface area contributed by atoms with E-state index in [1.165, 1.54) is 24.3 Å². The molecule has 7 heteroatoms. The van der Waals surface area contributed by atoms with Gasteiger partial charge in [0.15, 0.2) is 0 Å². The minimum atomic E-state index is -1.05. The maximum absolute atomic E-state index is 10.7. The second-order valence-electron chi connectivity index (χ2n) is 2.33. The molecule has 0 atom stereocenters. The average Bonchev–Trinajstić information content (AvgIpc) is 2.27. The summed E-state index contributed by atoms with van der Waals surface area (Å²) in [6.45, 7) is 0. The summed E-state index contributed by atoms with van der Waals surface area (Å²) in [7, 11) is 0. The maximum Gasteiger partial charge on any atom is 1.00 e. The summed E-state index contributed by atoms with van der Waals surface area (Å²) in [5.41, 5.74) is 0.0597. The second-order valence-corrected chi connectivity index (χ2v) is 2.33. The van der Waals surface area contributed by atoms with E-state index in [0.717, 1.165) is 0 Å². The molecular formula is C8H5NaO6. The van der Waals surface area contributed by atoms with Gasteiger partial charge in [-0.25, -0.2) is 9.59 Å². The molecule has 0 fully saturated rings. The van der Waals surface area contributed by atoms with Crippen LogP contribution in [0.4, 0.5) is 0 Å². The van der Waals surface area contributed by atoms with Crippen molar-refractivity contribution in [2.75, 3.05) is 0 Å². The monoisotopic (exact) mass is 220 g/mol. The number of hydrogen-bond donors (Lipinski definition) is 1. The Morgan fingerprint density at radius 2 is 1.47 bits per heavy atom. The van der Waals surface area contributed by atoms with E-state index in [9.17, 15) is 14.8 Å². The Balaban J connectivity index is 0.00000196. The fourth-order valence-electron chi connectivity index (χ4n) is 0.843. The molecule has 0 bridgehead atoms. The molecule has 0 aliphatic rings. The number of carbonyl (C=O) groups excluding carboxylic acids is 2. The van der Waals surface area contributed by atoms with Crippen molar-refractivity contribution in [3.63, 3.8) is 0 Å². The predicted octanol–water partition coefficient (Wildman–Crippen LogP) is -3.25. The SMILES string of the molecule is O=C(O[O-])c1ccc(C(=O)OO)cc1.[Na+]. The van der Waals surface area contributed by atoms with Crippen LogP contribution in [0.1, 0.15) is 20.7 Å². The van der Waals surface area contributed by atoms with Crippen LogP contribution in [0.3, 0.4) is 0 Å². The Morgan fingerprint density at radius 1 is 1.07 bits per heavy atom. The van der Waals surface area contributed by atoms with E-state index in [1.54, 1.807) is 0 Å². The van der Waals surface area contributed by atoms with E-state index in [-0.39, 0.29) is 40.7 Å². The van der Waals surface area contributed by atoms with E-state index >= 15 is 0 Å². The van der Waals surface area contributed by atoms with Crippen molar-refractivity contribution in [1.29, 1.82) is 0 Å². The minimum Gasteiger partial charge on any atom is -0.661 e. The van der Waals surface area contributed by atoms with Crippen molar-refractivity contribution >= 4 is 11.9 Å². The van der Waals surface area contributed by atoms with Crippen LogP contribution in [-0.4, -0.2) is 17.2 Å². The normalized spacial score (nSPS) is 8.67. The van der Waals surface area contributed by atoms with E-state index in [4.69, 9.17) is 5.26 Å². The average molecular weight is 220 g/mol. The van der Waals surface area contributed by atoms with E-state index in [0.29, 0.717) is 0 Å². The molecule has 1 rings (SSSR count). The Kier molecular flexibility index (Phi) is 6.14. The Bertz CT molecular complexity index is 312. The van der Waals surface area contributed by atoms with Gasteiger partial charge in [0.25, 0.3) is 0 Å².